The van der Waals surface area contributed by atoms with Crippen molar-refractivity contribution in [3.05, 3.63) is 86.6 Å². The molecular weight excluding hydrogens is 354 g/mol. The van der Waals surface area contributed by atoms with Crippen LogP contribution in [-0.4, -0.2) is 16.7 Å². The highest BCUT2D eigenvalue weighted by atomic mass is 32.1. The van der Waals surface area contributed by atoms with Gasteiger partial charge in [0.15, 0.2) is 0 Å². The lowest BCUT2D eigenvalue weighted by Gasteiger charge is -2.07. The Bertz CT molecular complexity index is 953. The van der Waals surface area contributed by atoms with E-state index in [1.165, 1.54) is 29.5 Å². The van der Waals surface area contributed by atoms with Gasteiger partial charge in [-0.3, -0.25) is 19.7 Å². The number of hydrogen-bond acceptors (Lipinski definition) is 5. The van der Waals surface area contributed by atoms with Gasteiger partial charge in [-0.05, 0) is 41.8 Å². The predicted molar refractivity (Wildman–Crippen MR) is 99.8 cm³/mol. The molecule has 0 unspecified atom stereocenters. The molecule has 3 rings (SSSR count). The molecule has 1 heterocycles. The first-order valence-electron chi connectivity index (χ1n) is 7.53. The van der Waals surface area contributed by atoms with Crippen LogP contribution in [0.3, 0.4) is 0 Å². The van der Waals surface area contributed by atoms with Gasteiger partial charge < -0.3 is 10.6 Å². The number of rotatable bonds is 5. The molecule has 2 amide bonds. The highest BCUT2D eigenvalue weighted by Crippen LogP contribution is 2.19. The van der Waals surface area contributed by atoms with Crippen molar-refractivity contribution in [3.8, 4) is 0 Å². The van der Waals surface area contributed by atoms with Gasteiger partial charge in [0, 0.05) is 29.1 Å². The maximum Gasteiger partial charge on any atom is 0.271 e. The molecule has 0 radical (unpaired) electrons. The van der Waals surface area contributed by atoms with E-state index in [4.69, 9.17) is 0 Å². The second-order valence-electron chi connectivity index (χ2n) is 5.27. The van der Waals surface area contributed by atoms with Gasteiger partial charge in [-0.1, -0.05) is 12.1 Å². The number of nitrogens with zero attached hydrogens (tertiary/aromatic N) is 1. The van der Waals surface area contributed by atoms with E-state index in [0.29, 0.717) is 21.8 Å². The lowest BCUT2D eigenvalue weighted by atomic mass is 10.2. The average molecular weight is 367 g/mol. The van der Waals surface area contributed by atoms with Gasteiger partial charge in [0.1, 0.15) is 0 Å². The Morgan fingerprint density at radius 3 is 2.27 bits per heavy atom. The summed E-state index contributed by atoms with van der Waals surface area (Å²) in [6.45, 7) is 0. The molecule has 0 atom stereocenters. The molecule has 0 aliphatic carbocycles. The van der Waals surface area contributed by atoms with Crippen molar-refractivity contribution in [2.45, 2.75) is 0 Å². The van der Waals surface area contributed by atoms with Gasteiger partial charge in [0.25, 0.3) is 17.5 Å². The molecule has 0 bridgehead atoms. The fourth-order valence-electron chi connectivity index (χ4n) is 2.21. The number of thiophene rings is 1. The van der Waals surface area contributed by atoms with Crippen LogP contribution >= 0.6 is 11.3 Å². The highest BCUT2D eigenvalue weighted by Gasteiger charge is 2.11. The van der Waals surface area contributed by atoms with Crippen molar-refractivity contribution < 1.29 is 14.5 Å². The Kier molecular flexibility index (Phi) is 5.04. The fourth-order valence-corrected chi connectivity index (χ4v) is 2.82. The average Bonchev–Trinajstić information content (AvgIpc) is 3.17. The summed E-state index contributed by atoms with van der Waals surface area (Å²) in [7, 11) is 0. The van der Waals surface area contributed by atoms with Gasteiger partial charge in [-0.2, -0.15) is 0 Å². The highest BCUT2D eigenvalue weighted by molar-refractivity contribution is 7.12. The lowest BCUT2D eigenvalue weighted by molar-refractivity contribution is -0.384. The molecule has 0 aliphatic heterocycles. The van der Waals surface area contributed by atoms with Crippen molar-refractivity contribution in [2.75, 3.05) is 10.6 Å². The molecule has 2 aromatic carbocycles. The third-order valence-corrected chi connectivity index (χ3v) is 4.33. The lowest BCUT2D eigenvalue weighted by Crippen LogP contribution is -2.13. The van der Waals surface area contributed by atoms with E-state index in [1.54, 1.807) is 42.5 Å². The smallest absolute Gasteiger partial charge is 0.271 e. The van der Waals surface area contributed by atoms with E-state index >= 15 is 0 Å². The number of anilines is 2. The van der Waals surface area contributed by atoms with Crippen LogP contribution in [0.1, 0.15) is 20.0 Å². The minimum Gasteiger partial charge on any atom is -0.322 e. The molecule has 0 saturated carbocycles. The molecular formula is C18H13N3O4S. The number of amides is 2. The third-order valence-electron chi connectivity index (χ3n) is 3.46. The molecule has 0 saturated heterocycles. The Hall–Kier alpha value is -3.52. The number of non-ortho nitro benzene ring substituents is 1. The van der Waals surface area contributed by atoms with Crippen LogP contribution in [0.2, 0.25) is 0 Å². The Labute approximate surface area is 152 Å². The zero-order valence-corrected chi connectivity index (χ0v) is 14.2. The number of carbonyl (C=O) groups excluding carboxylic acids is 2. The Morgan fingerprint density at radius 2 is 1.62 bits per heavy atom. The second-order valence-corrected chi connectivity index (χ2v) is 6.22. The van der Waals surface area contributed by atoms with Crippen molar-refractivity contribution in [3.63, 3.8) is 0 Å². The van der Waals surface area contributed by atoms with Gasteiger partial charge in [0.2, 0.25) is 0 Å². The van der Waals surface area contributed by atoms with Crippen LogP contribution in [0.25, 0.3) is 0 Å². The molecule has 2 N–H and O–H groups in total. The molecule has 130 valence electrons. The van der Waals surface area contributed by atoms with Gasteiger partial charge >= 0.3 is 0 Å². The molecule has 1 aromatic heterocycles. The normalized spacial score (nSPS) is 10.2. The van der Waals surface area contributed by atoms with Crippen molar-refractivity contribution >= 4 is 40.2 Å². The minimum atomic E-state index is -0.527. The maximum absolute atomic E-state index is 12.2. The van der Waals surface area contributed by atoms with E-state index in [0.717, 1.165) is 0 Å². The molecule has 0 fully saturated rings. The summed E-state index contributed by atoms with van der Waals surface area (Å²) in [6, 6.07) is 15.6. The summed E-state index contributed by atoms with van der Waals surface area (Å²) in [5, 5.41) is 17.9. The zero-order valence-electron chi connectivity index (χ0n) is 13.3. The number of hydrogen-bond donors (Lipinski definition) is 2. The SMILES string of the molecule is O=C(Nc1cccc([N+](=O)[O-])c1)c1ccc(NC(=O)c2cccs2)cc1. The van der Waals surface area contributed by atoms with Crippen LogP contribution in [-0.2, 0) is 0 Å². The van der Waals surface area contributed by atoms with Crippen molar-refractivity contribution in [1.29, 1.82) is 0 Å². The number of nitro benzene ring substituents is 1. The zero-order chi connectivity index (χ0) is 18.5. The topological polar surface area (TPSA) is 101 Å². The van der Waals surface area contributed by atoms with Crippen LogP contribution in [0.15, 0.2) is 66.0 Å². The van der Waals surface area contributed by atoms with E-state index in [9.17, 15) is 19.7 Å². The van der Waals surface area contributed by atoms with Crippen LogP contribution < -0.4 is 10.6 Å². The van der Waals surface area contributed by atoms with Crippen molar-refractivity contribution in [1.82, 2.24) is 0 Å². The quantitative estimate of drug-likeness (QED) is 0.522. The first-order valence-corrected chi connectivity index (χ1v) is 8.41. The summed E-state index contributed by atoms with van der Waals surface area (Å²) >= 11 is 1.34. The fraction of sp³-hybridized carbons (Fsp3) is 0. The maximum atomic E-state index is 12.2. The van der Waals surface area contributed by atoms with Gasteiger partial charge in [0.05, 0.1) is 9.80 Å². The Morgan fingerprint density at radius 1 is 0.885 bits per heavy atom. The van der Waals surface area contributed by atoms with Gasteiger partial charge in [-0.15, -0.1) is 11.3 Å². The largest absolute Gasteiger partial charge is 0.322 e. The van der Waals surface area contributed by atoms with E-state index in [2.05, 4.69) is 10.6 Å². The standard InChI is InChI=1S/C18H13N3O4S/c22-17(20-14-3-1-4-15(11-14)21(24)25)12-6-8-13(9-7-12)19-18(23)16-5-2-10-26-16/h1-11H,(H,19,23)(H,20,22). The first kappa shape index (κ1) is 17.3. The summed E-state index contributed by atoms with van der Waals surface area (Å²) in [5.74, 6) is -0.615. The van der Waals surface area contributed by atoms with Gasteiger partial charge in [-0.25, -0.2) is 0 Å². The minimum absolute atomic E-state index is 0.102. The van der Waals surface area contributed by atoms with E-state index in [-0.39, 0.29) is 11.6 Å². The molecule has 3 aromatic rings. The summed E-state index contributed by atoms with van der Waals surface area (Å²) in [4.78, 5) is 35.1. The number of carbonyl (C=O) groups is 2. The molecule has 8 heteroatoms. The molecule has 7 nitrogen and oxygen atoms in total. The monoisotopic (exact) mass is 367 g/mol. The predicted octanol–water partition coefficient (Wildman–Crippen LogP) is 4.16. The summed E-state index contributed by atoms with van der Waals surface area (Å²) in [5.41, 5.74) is 1.16. The molecule has 26 heavy (non-hydrogen) atoms. The summed E-state index contributed by atoms with van der Waals surface area (Å²) < 4.78 is 0. The molecule has 0 spiro atoms. The number of nitrogens with one attached hydrogen (secondary N) is 2. The third kappa shape index (κ3) is 4.11. The van der Waals surface area contributed by atoms with E-state index < -0.39 is 10.8 Å². The number of benzene rings is 2. The number of nitro groups is 1. The van der Waals surface area contributed by atoms with E-state index in [1.807, 2.05) is 5.38 Å². The summed E-state index contributed by atoms with van der Waals surface area (Å²) in [6.07, 6.45) is 0. The first-order chi connectivity index (χ1) is 12.5. The second kappa shape index (κ2) is 7.58. The van der Waals surface area contributed by atoms with Crippen molar-refractivity contribution in [2.24, 2.45) is 0 Å². The van der Waals surface area contributed by atoms with Crippen LogP contribution in [0, 0.1) is 10.1 Å². The van der Waals surface area contributed by atoms with Crippen LogP contribution in [0.4, 0.5) is 17.1 Å². The Balaban J connectivity index is 1.66. The van der Waals surface area contributed by atoms with Crippen LogP contribution in [0.5, 0.6) is 0 Å². The molecule has 0 aliphatic rings.